The third-order valence-electron chi connectivity index (χ3n) is 3.56. The van der Waals surface area contributed by atoms with Gasteiger partial charge in [0.2, 0.25) is 0 Å². The summed E-state index contributed by atoms with van der Waals surface area (Å²) in [5.41, 5.74) is 6.27. The lowest BCUT2D eigenvalue weighted by atomic mass is 10.1. The van der Waals surface area contributed by atoms with E-state index in [4.69, 9.17) is 9.72 Å². The van der Waals surface area contributed by atoms with Gasteiger partial charge in [0.1, 0.15) is 5.75 Å². The Morgan fingerprint density at radius 2 is 2.28 bits per heavy atom. The number of benzene rings is 1. The predicted molar refractivity (Wildman–Crippen MR) is 72.6 cm³/mol. The third kappa shape index (κ3) is 1.16. The summed E-state index contributed by atoms with van der Waals surface area (Å²) in [5.74, 6) is 0.898. The van der Waals surface area contributed by atoms with Gasteiger partial charge < -0.3 is 4.74 Å². The summed E-state index contributed by atoms with van der Waals surface area (Å²) in [5, 5.41) is 2.16. The van der Waals surface area contributed by atoms with Gasteiger partial charge in [0, 0.05) is 23.1 Å². The molecule has 90 valence electrons. The van der Waals surface area contributed by atoms with Gasteiger partial charge >= 0.3 is 0 Å². The molecule has 0 radical (unpaired) electrons. The summed E-state index contributed by atoms with van der Waals surface area (Å²) >= 11 is 1.70. The van der Waals surface area contributed by atoms with Crippen molar-refractivity contribution in [2.24, 2.45) is 0 Å². The summed E-state index contributed by atoms with van der Waals surface area (Å²) < 4.78 is 7.57. The van der Waals surface area contributed by atoms with E-state index in [0.717, 1.165) is 22.8 Å². The molecular formula is C14H12N2OS. The van der Waals surface area contributed by atoms with Crippen LogP contribution in [0.15, 0.2) is 23.6 Å². The van der Waals surface area contributed by atoms with E-state index in [2.05, 4.69) is 28.8 Å². The minimum absolute atomic E-state index is 0.898. The molecule has 0 atom stereocenters. The molecule has 0 aliphatic heterocycles. The van der Waals surface area contributed by atoms with Crippen LogP contribution in [0.5, 0.6) is 5.75 Å². The van der Waals surface area contributed by atoms with Crippen LogP contribution in [0.2, 0.25) is 0 Å². The monoisotopic (exact) mass is 256 g/mol. The van der Waals surface area contributed by atoms with Gasteiger partial charge in [0.15, 0.2) is 4.96 Å². The number of thiazole rings is 1. The van der Waals surface area contributed by atoms with Crippen LogP contribution in [-0.2, 0) is 6.42 Å². The zero-order chi connectivity index (χ0) is 12.3. The first-order valence-electron chi connectivity index (χ1n) is 5.90. The zero-order valence-corrected chi connectivity index (χ0v) is 11.0. The third-order valence-corrected chi connectivity index (χ3v) is 4.50. The van der Waals surface area contributed by atoms with Gasteiger partial charge in [0.05, 0.1) is 18.5 Å². The van der Waals surface area contributed by atoms with E-state index in [-0.39, 0.29) is 0 Å². The number of rotatable bonds is 1. The van der Waals surface area contributed by atoms with Crippen molar-refractivity contribution in [2.45, 2.75) is 13.3 Å². The molecule has 2 aromatic heterocycles. The molecule has 3 aromatic rings. The Morgan fingerprint density at radius 3 is 3.11 bits per heavy atom. The van der Waals surface area contributed by atoms with E-state index in [9.17, 15) is 0 Å². The highest BCUT2D eigenvalue weighted by Gasteiger charge is 2.25. The molecule has 0 fully saturated rings. The molecule has 0 bridgehead atoms. The number of fused-ring (bicyclic) bond motifs is 5. The van der Waals surface area contributed by atoms with Crippen molar-refractivity contribution >= 4 is 16.3 Å². The molecule has 3 nitrogen and oxygen atoms in total. The average molecular weight is 256 g/mol. The normalized spacial score (nSPS) is 12.8. The number of aromatic nitrogens is 2. The minimum atomic E-state index is 0.898. The molecule has 4 rings (SSSR count). The van der Waals surface area contributed by atoms with Gasteiger partial charge in [-0.15, -0.1) is 11.3 Å². The second-order valence-corrected chi connectivity index (χ2v) is 5.44. The van der Waals surface area contributed by atoms with Crippen molar-refractivity contribution in [3.8, 4) is 17.0 Å². The Kier molecular flexibility index (Phi) is 1.89. The molecule has 0 saturated carbocycles. The van der Waals surface area contributed by atoms with Crippen molar-refractivity contribution in [1.29, 1.82) is 0 Å². The van der Waals surface area contributed by atoms with Crippen molar-refractivity contribution in [3.05, 3.63) is 40.5 Å². The number of hydrogen-bond donors (Lipinski definition) is 0. The van der Waals surface area contributed by atoms with Crippen molar-refractivity contribution in [3.63, 3.8) is 0 Å². The standard InChI is InChI=1S/C14H12N2OS/c1-8-7-18-14-15-13-11-6-10(17-2)4-3-9(11)5-12(13)16(8)14/h3-4,6-7H,5H2,1-2H3. The largest absolute Gasteiger partial charge is 0.497 e. The van der Waals surface area contributed by atoms with Crippen molar-refractivity contribution in [2.75, 3.05) is 7.11 Å². The smallest absolute Gasteiger partial charge is 0.194 e. The molecule has 0 saturated heterocycles. The fourth-order valence-electron chi connectivity index (χ4n) is 2.68. The first-order valence-corrected chi connectivity index (χ1v) is 6.78. The Balaban J connectivity index is 2.02. The lowest BCUT2D eigenvalue weighted by Gasteiger charge is -2.02. The highest BCUT2D eigenvalue weighted by atomic mass is 32.1. The van der Waals surface area contributed by atoms with Gasteiger partial charge in [-0.05, 0) is 24.6 Å². The average Bonchev–Trinajstić information content (AvgIpc) is 3.00. The van der Waals surface area contributed by atoms with E-state index in [1.54, 1.807) is 18.4 Å². The molecule has 0 N–H and O–H groups in total. The summed E-state index contributed by atoms with van der Waals surface area (Å²) in [4.78, 5) is 5.85. The lowest BCUT2D eigenvalue weighted by molar-refractivity contribution is 0.415. The summed E-state index contributed by atoms with van der Waals surface area (Å²) in [7, 11) is 1.70. The molecule has 18 heavy (non-hydrogen) atoms. The van der Waals surface area contributed by atoms with E-state index < -0.39 is 0 Å². The first kappa shape index (κ1) is 10.1. The highest BCUT2D eigenvalue weighted by molar-refractivity contribution is 7.15. The maximum atomic E-state index is 5.30. The molecule has 1 aliphatic carbocycles. The minimum Gasteiger partial charge on any atom is -0.497 e. The van der Waals surface area contributed by atoms with Gasteiger partial charge in [-0.1, -0.05) is 6.07 Å². The van der Waals surface area contributed by atoms with Crippen LogP contribution >= 0.6 is 11.3 Å². The van der Waals surface area contributed by atoms with E-state index in [0.29, 0.717) is 0 Å². The predicted octanol–water partition coefficient (Wildman–Crippen LogP) is 3.28. The van der Waals surface area contributed by atoms with Crippen LogP contribution in [0.4, 0.5) is 0 Å². The maximum absolute atomic E-state index is 5.30. The Labute approximate surface area is 109 Å². The van der Waals surface area contributed by atoms with E-state index >= 15 is 0 Å². The van der Waals surface area contributed by atoms with Crippen molar-refractivity contribution in [1.82, 2.24) is 9.38 Å². The number of aryl methyl sites for hydroxylation is 1. The molecule has 0 unspecified atom stereocenters. The Morgan fingerprint density at radius 1 is 1.39 bits per heavy atom. The van der Waals surface area contributed by atoms with Crippen LogP contribution in [0.3, 0.4) is 0 Å². The second-order valence-electron chi connectivity index (χ2n) is 4.60. The Bertz CT molecular complexity index is 770. The number of ether oxygens (including phenoxy) is 1. The van der Waals surface area contributed by atoms with Crippen LogP contribution < -0.4 is 4.74 Å². The van der Waals surface area contributed by atoms with Crippen LogP contribution in [0.25, 0.3) is 16.2 Å². The molecule has 4 heteroatoms. The second kappa shape index (κ2) is 3.36. The fourth-order valence-corrected chi connectivity index (χ4v) is 3.57. The first-order chi connectivity index (χ1) is 8.78. The van der Waals surface area contributed by atoms with Gasteiger partial charge in [-0.2, -0.15) is 0 Å². The molecule has 1 aromatic carbocycles. The highest BCUT2D eigenvalue weighted by Crippen LogP contribution is 2.39. The van der Waals surface area contributed by atoms with Gasteiger partial charge in [-0.3, -0.25) is 4.40 Å². The number of methoxy groups -OCH3 is 1. The van der Waals surface area contributed by atoms with E-state index in [1.807, 2.05) is 6.07 Å². The van der Waals surface area contributed by atoms with E-state index in [1.165, 1.54) is 22.5 Å². The molecule has 0 spiro atoms. The number of hydrogen-bond acceptors (Lipinski definition) is 3. The topological polar surface area (TPSA) is 26.5 Å². The molecule has 0 amide bonds. The lowest BCUT2D eigenvalue weighted by Crippen LogP contribution is -1.91. The maximum Gasteiger partial charge on any atom is 0.194 e. The van der Waals surface area contributed by atoms with Gasteiger partial charge in [0.25, 0.3) is 0 Å². The number of nitrogens with zero attached hydrogens (tertiary/aromatic N) is 2. The quantitative estimate of drug-likeness (QED) is 0.522. The Hall–Kier alpha value is -1.81. The number of imidazole rings is 1. The SMILES string of the molecule is COc1ccc2c(c1)-c1nc3scc(C)n3c1C2. The van der Waals surface area contributed by atoms with Gasteiger partial charge in [-0.25, -0.2) is 4.98 Å². The van der Waals surface area contributed by atoms with Crippen LogP contribution in [0.1, 0.15) is 17.0 Å². The molecular weight excluding hydrogens is 244 g/mol. The molecule has 1 aliphatic rings. The fraction of sp³-hybridized carbons (Fsp3) is 0.214. The van der Waals surface area contributed by atoms with Crippen LogP contribution in [-0.4, -0.2) is 16.5 Å². The zero-order valence-electron chi connectivity index (χ0n) is 10.2. The van der Waals surface area contributed by atoms with Crippen LogP contribution in [0, 0.1) is 6.92 Å². The summed E-state index contributed by atoms with van der Waals surface area (Å²) in [6.07, 6.45) is 0.966. The van der Waals surface area contributed by atoms with Crippen molar-refractivity contribution < 1.29 is 4.74 Å². The summed E-state index contributed by atoms with van der Waals surface area (Å²) in [6, 6.07) is 6.25. The summed E-state index contributed by atoms with van der Waals surface area (Å²) in [6.45, 7) is 2.13. The molecule has 2 heterocycles.